The van der Waals surface area contributed by atoms with Crippen LogP contribution in [0.1, 0.15) is 17.4 Å². The van der Waals surface area contributed by atoms with Crippen LogP contribution in [0.5, 0.6) is 11.5 Å². The Hall–Kier alpha value is -2.28. The molecule has 1 heterocycles. The summed E-state index contributed by atoms with van der Waals surface area (Å²) in [6, 6.07) is 12.6. The van der Waals surface area contributed by atoms with Crippen LogP contribution in [0.3, 0.4) is 0 Å². The molecule has 0 saturated carbocycles. The first-order valence-electron chi connectivity index (χ1n) is 8.57. The van der Waals surface area contributed by atoms with Crippen molar-refractivity contribution < 1.29 is 14.3 Å². The number of para-hydroxylation sites is 2. The van der Waals surface area contributed by atoms with Crippen molar-refractivity contribution in [2.45, 2.75) is 13.3 Å². The minimum Gasteiger partial charge on any atom is -0.490 e. The summed E-state index contributed by atoms with van der Waals surface area (Å²) in [5.41, 5.74) is 0.981. The summed E-state index contributed by atoms with van der Waals surface area (Å²) in [4.78, 5) is 17.4. The smallest absolute Gasteiger partial charge is 0.264 e. The summed E-state index contributed by atoms with van der Waals surface area (Å²) in [6.07, 6.45) is 2.35. The average Bonchev–Trinajstić information content (AvgIpc) is 3.07. The molecule has 5 nitrogen and oxygen atoms in total. The molecule has 0 radical (unpaired) electrons. The number of anilines is 1. The zero-order valence-corrected chi connectivity index (χ0v) is 17.4. The van der Waals surface area contributed by atoms with Crippen LogP contribution in [0.2, 0.25) is 10.0 Å². The first-order chi connectivity index (χ1) is 13.5. The van der Waals surface area contributed by atoms with Crippen molar-refractivity contribution in [2.24, 2.45) is 0 Å². The van der Waals surface area contributed by atoms with E-state index in [1.54, 1.807) is 24.4 Å². The Labute approximate surface area is 177 Å². The van der Waals surface area contributed by atoms with Crippen molar-refractivity contribution in [1.82, 2.24) is 4.98 Å². The Kier molecular flexibility index (Phi) is 7.14. The minimum absolute atomic E-state index is 0.136. The van der Waals surface area contributed by atoms with Gasteiger partial charge < -0.3 is 9.47 Å². The summed E-state index contributed by atoms with van der Waals surface area (Å²) in [7, 11) is 0. The molecule has 146 valence electrons. The van der Waals surface area contributed by atoms with Gasteiger partial charge in [-0.15, -0.1) is 11.3 Å². The number of rotatable bonds is 8. The van der Waals surface area contributed by atoms with Gasteiger partial charge in [0.25, 0.3) is 5.91 Å². The van der Waals surface area contributed by atoms with E-state index in [0.717, 1.165) is 10.4 Å². The molecule has 0 saturated heterocycles. The van der Waals surface area contributed by atoms with Crippen LogP contribution in [0.25, 0.3) is 0 Å². The van der Waals surface area contributed by atoms with Crippen molar-refractivity contribution in [3.8, 4) is 11.5 Å². The molecule has 0 aliphatic heterocycles. The predicted molar refractivity (Wildman–Crippen MR) is 113 cm³/mol. The number of aromatic nitrogens is 1. The second kappa shape index (κ2) is 9.78. The third kappa shape index (κ3) is 5.86. The van der Waals surface area contributed by atoms with Crippen LogP contribution in [-0.2, 0) is 11.2 Å². The molecular formula is C20H18Cl2N2O3S. The second-order valence-corrected chi connectivity index (χ2v) is 7.79. The second-order valence-electron chi connectivity index (χ2n) is 5.80. The van der Waals surface area contributed by atoms with Crippen molar-refractivity contribution in [3.63, 3.8) is 0 Å². The van der Waals surface area contributed by atoms with Gasteiger partial charge in [-0.05, 0) is 42.8 Å². The Balaban J connectivity index is 1.55. The van der Waals surface area contributed by atoms with Crippen LogP contribution in [0, 0.1) is 0 Å². The summed E-state index contributed by atoms with van der Waals surface area (Å²) < 4.78 is 11.0. The van der Waals surface area contributed by atoms with Gasteiger partial charge in [0.15, 0.2) is 23.2 Å². The molecule has 1 aromatic heterocycles. The maximum absolute atomic E-state index is 12.2. The number of thiazole rings is 1. The maximum Gasteiger partial charge on any atom is 0.264 e. The monoisotopic (exact) mass is 436 g/mol. The summed E-state index contributed by atoms with van der Waals surface area (Å²) >= 11 is 13.5. The van der Waals surface area contributed by atoms with Gasteiger partial charge in [-0.2, -0.15) is 0 Å². The molecule has 0 unspecified atom stereocenters. The number of carbonyl (C=O) groups is 1. The molecule has 0 spiro atoms. The van der Waals surface area contributed by atoms with E-state index in [4.69, 9.17) is 32.7 Å². The highest BCUT2D eigenvalue weighted by Crippen LogP contribution is 2.27. The van der Waals surface area contributed by atoms with Gasteiger partial charge in [-0.1, -0.05) is 35.3 Å². The third-order valence-corrected chi connectivity index (χ3v) is 4.96. The fraction of sp³-hybridized carbons (Fsp3) is 0.200. The van der Waals surface area contributed by atoms with E-state index in [2.05, 4.69) is 10.3 Å². The minimum atomic E-state index is -0.294. The summed E-state index contributed by atoms with van der Waals surface area (Å²) in [5.74, 6) is 0.838. The van der Waals surface area contributed by atoms with Gasteiger partial charge in [0, 0.05) is 27.5 Å². The zero-order valence-electron chi connectivity index (χ0n) is 15.1. The van der Waals surface area contributed by atoms with Gasteiger partial charge in [0.05, 0.1) is 6.61 Å². The SMILES string of the molecule is CCOc1ccccc1OCC(=O)Nc1ncc(Cc2cc(Cl)cc(Cl)c2)s1. The van der Waals surface area contributed by atoms with E-state index in [1.165, 1.54) is 11.3 Å². The highest BCUT2D eigenvalue weighted by atomic mass is 35.5. The number of hydrogen-bond donors (Lipinski definition) is 1. The fourth-order valence-electron chi connectivity index (χ4n) is 2.50. The van der Waals surface area contributed by atoms with E-state index in [9.17, 15) is 4.79 Å². The standard InChI is InChI=1S/C20H18Cl2N2O3S/c1-2-26-17-5-3-4-6-18(17)27-12-19(25)24-20-23-11-16(28-20)9-13-7-14(21)10-15(22)8-13/h3-8,10-11H,2,9,12H2,1H3,(H,23,24,25). The van der Waals surface area contributed by atoms with Crippen LogP contribution >= 0.6 is 34.5 Å². The van der Waals surface area contributed by atoms with Crippen molar-refractivity contribution in [2.75, 3.05) is 18.5 Å². The molecule has 3 aromatic rings. The molecular weight excluding hydrogens is 419 g/mol. The molecule has 0 atom stereocenters. The van der Waals surface area contributed by atoms with Crippen LogP contribution in [-0.4, -0.2) is 24.1 Å². The van der Waals surface area contributed by atoms with Crippen molar-refractivity contribution in [1.29, 1.82) is 0 Å². The van der Waals surface area contributed by atoms with Crippen molar-refractivity contribution >= 4 is 45.6 Å². The Morgan fingerprint density at radius 2 is 1.79 bits per heavy atom. The lowest BCUT2D eigenvalue weighted by Gasteiger charge is -2.10. The molecule has 0 aliphatic rings. The Bertz CT molecular complexity index is 942. The van der Waals surface area contributed by atoms with Gasteiger partial charge in [0.1, 0.15) is 0 Å². The highest BCUT2D eigenvalue weighted by Gasteiger charge is 2.10. The van der Waals surface area contributed by atoms with Crippen LogP contribution in [0.4, 0.5) is 5.13 Å². The molecule has 0 fully saturated rings. The van der Waals surface area contributed by atoms with Gasteiger partial charge in [0.2, 0.25) is 0 Å². The lowest BCUT2D eigenvalue weighted by molar-refractivity contribution is -0.118. The first-order valence-corrected chi connectivity index (χ1v) is 10.1. The molecule has 8 heteroatoms. The Morgan fingerprint density at radius 1 is 1.11 bits per heavy atom. The van der Waals surface area contributed by atoms with E-state index < -0.39 is 0 Å². The van der Waals surface area contributed by atoms with E-state index >= 15 is 0 Å². The third-order valence-electron chi connectivity index (χ3n) is 3.61. The first kappa shape index (κ1) is 20.5. The topological polar surface area (TPSA) is 60.5 Å². The van der Waals surface area contributed by atoms with E-state index in [0.29, 0.717) is 39.7 Å². The molecule has 0 bridgehead atoms. The quantitative estimate of drug-likeness (QED) is 0.509. The van der Waals surface area contributed by atoms with Gasteiger partial charge in [-0.25, -0.2) is 4.98 Å². The summed E-state index contributed by atoms with van der Waals surface area (Å²) in [5, 5.41) is 4.43. The molecule has 0 aliphatic carbocycles. The zero-order chi connectivity index (χ0) is 19.9. The Morgan fingerprint density at radius 3 is 2.46 bits per heavy atom. The normalized spacial score (nSPS) is 10.5. The lowest BCUT2D eigenvalue weighted by atomic mass is 10.1. The molecule has 2 aromatic carbocycles. The average molecular weight is 437 g/mol. The lowest BCUT2D eigenvalue weighted by Crippen LogP contribution is -2.20. The number of nitrogens with zero attached hydrogens (tertiary/aromatic N) is 1. The maximum atomic E-state index is 12.2. The number of hydrogen-bond acceptors (Lipinski definition) is 5. The van der Waals surface area contributed by atoms with Crippen LogP contribution in [0.15, 0.2) is 48.7 Å². The van der Waals surface area contributed by atoms with Gasteiger partial charge in [-0.3, -0.25) is 10.1 Å². The molecule has 3 rings (SSSR count). The number of ether oxygens (including phenoxy) is 2. The largest absolute Gasteiger partial charge is 0.490 e. The number of nitrogens with one attached hydrogen (secondary N) is 1. The van der Waals surface area contributed by atoms with E-state index in [1.807, 2.05) is 31.2 Å². The number of benzene rings is 2. The number of halogens is 2. The summed E-state index contributed by atoms with van der Waals surface area (Å²) in [6.45, 7) is 2.27. The van der Waals surface area contributed by atoms with E-state index in [-0.39, 0.29) is 12.5 Å². The van der Waals surface area contributed by atoms with Crippen LogP contribution < -0.4 is 14.8 Å². The predicted octanol–water partition coefficient (Wildman–Crippen LogP) is 5.46. The molecule has 1 amide bonds. The molecule has 1 N–H and O–H groups in total. The molecule has 28 heavy (non-hydrogen) atoms. The van der Waals surface area contributed by atoms with Gasteiger partial charge >= 0.3 is 0 Å². The fourth-order valence-corrected chi connectivity index (χ4v) is 3.94. The number of carbonyl (C=O) groups excluding carboxylic acids is 1. The van der Waals surface area contributed by atoms with Crippen molar-refractivity contribution in [3.05, 3.63) is 69.1 Å². The highest BCUT2D eigenvalue weighted by molar-refractivity contribution is 7.15. The number of amides is 1.